The molecule has 1 aliphatic rings. The molecule has 7 heteroatoms. The summed E-state index contributed by atoms with van der Waals surface area (Å²) in [6, 6.07) is 13.0. The second-order valence-corrected chi connectivity index (χ2v) is 7.67. The maximum absolute atomic E-state index is 13.0. The van der Waals surface area contributed by atoms with Crippen LogP contribution in [0.3, 0.4) is 0 Å². The van der Waals surface area contributed by atoms with E-state index >= 15 is 0 Å². The standard InChI is InChI=1S/C17H15ClN2O3S/c1-12-5-7-15(8-6-12)24(22,23)20-16(21)9-10-19-17(20)13-3-2-4-14(18)11-13/h2-8,11H,9-10H2,1H3. The van der Waals surface area contributed by atoms with Crippen LogP contribution in [-0.2, 0) is 14.8 Å². The number of amides is 1. The molecule has 124 valence electrons. The predicted octanol–water partition coefficient (Wildman–Crippen LogP) is 3.02. The van der Waals surface area contributed by atoms with Crippen LogP contribution in [0.1, 0.15) is 17.5 Å². The second kappa shape index (κ2) is 6.37. The van der Waals surface area contributed by atoms with E-state index in [0.29, 0.717) is 10.6 Å². The number of hydrogen-bond acceptors (Lipinski definition) is 4. The molecule has 0 atom stereocenters. The Labute approximate surface area is 145 Å². The number of rotatable bonds is 3. The largest absolute Gasteiger partial charge is 0.273 e. The van der Waals surface area contributed by atoms with Gasteiger partial charge in [0, 0.05) is 17.0 Å². The Morgan fingerprint density at radius 2 is 1.83 bits per heavy atom. The van der Waals surface area contributed by atoms with E-state index in [1.54, 1.807) is 36.4 Å². The van der Waals surface area contributed by atoms with Crippen molar-refractivity contribution < 1.29 is 13.2 Å². The number of aryl methyl sites for hydroxylation is 1. The average Bonchev–Trinajstić information content (AvgIpc) is 2.55. The number of carbonyl (C=O) groups is 1. The maximum atomic E-state index is 13.0. The first kappa shape index (κ1) is 16.7. The Hall–Kier alpha value is -2.18. The van der Waals surface area contributed by atoms with Gasteiger partial charge in [0.15, 0.2) is 5.84 Å². The van der Waals surface area contributed by atoms with Crippen LogP contribution in [0.5, 0.6) is 0 Å². The van der Waals surface area contributed by atoms with Crippen LogP contribution in [-0.4, -0.2) is 31.0 Å². The highest BCUT2D eigenvalue weighted by atomic mass is 35.5. The van der Waals surface area contributed by atoms with E-state index in [9.17, 15) is 13.2 Å². The molecule has 3 rings (SSSR count). The number of benzene rings is 2. The molecule has 24 heavy (non-hydrogen) atoms. The van der Waals surface area contributed by atoms with Crippen molar-refractivity contribution in [3.05, 3.63) is 64.7 Å². The van der Waals surface area contributed by atoms with Crippen molar-refractivity contribution >= 4 is 33.4 Å². The van der Waals surface area contributed by atoms with E-state index in [4.69, 9.17) is 11.6 Å². The molecule has 2 aromatic carbocycles. The Morgan fingerprint density at radius 1 is 1.12 bits per heavy atom. The number of hydrogen-bond donors (Lipinski definition) is 0. The van der Waals surface area contributed by atoms with Crippen LogP contribution in [0.15, 0.2) is 58.4 Å². The fourth-order valence-electron chi connectivity index (χ4n) is 2.44. The van der Waals surface area contributed by atoms with Gasteiger partial charge < -0.3 is 0 Å². The number of sulfonamides is 1. The van der Waals surface area contributed by atoms with E-state index in [-0.39, 0.29) is 23.7 Å². The van der Waals surface area contributed by atoms with Crippen molar-refractivity contribution in [2.24, 2.45) is 4.99 Å². The summed E-state index contributed by atoms with van der Waals surface area (Å²) in [7, 11) is -4.03. The van der Waals surface area contributed by atoms with Crippen LogP contribution in [0, 0.1) is 6.92 Å². The second-order valence-electron chi connectivity index (χ2n) is 5.44. The molecule has 0 aliphatic carbocycles. The summed E-state index contributed by atoms with van der Waals surface area (Å²) in [4.78, 5) is 16.7. The smallest absolute Gasteiger partial charge is 0.272 e. The molecule has 0 unspecified atom stereocenters. The molecule has 0 saturated carbocycles. The third-order valence-corrected chi connectivity index (χ3v) is 5.61. The number of carbonyl (C=O) groups excluding carboxylic acids is 1. The first-order valence-corrected chi connectivity index (χ1v) is 9.16. The van der Waals surface area contributed by atoms with Crippen LogP contribution in [0.4, 0.5) is 0 Å². The molecule has 0 N–H and O–H groups in total. The quantitative estimate of drug-likeness (QED) is 0.842. The minimum Gasteiger partial charge on any atom is -0.273 e. The zero-order chi connectivity index (χ0) is 17.3. The third kappa shape index (κ3) is 3.07. The molecular weight excluding hydrogens is 348 g/mol. The van der Waals surface area contributed by atoms with E-state index in [0.717, 1.165) is 9.87 Å². The zero-order valence-corrected chi connectivity index (χ0v) is 14.5. The Morgan fingerprint density at radius 3 is 2.50 bits per heavy atom. The summed E-state index contributed by atoms with van der Waals surface area (Å²) in [5.41, 5.74) is 1.42. The van der Waals surface area contributed by atoms with E-state index in [2.05, 4.69) is 4.99 Å². The summed E-state index contributed by atoms with van der Waals surface area (Å²) < 4.78 is 26.7. The summed E-state index contributed by atoms with van der Waals surface area (Å²) >= 11 is 5.99. The minimum absolute atomic E-state index is 0.0508. The summed E-state index contributed by atoms with van der Waals surface area (Å²) in [5, 5.41) is 0.445. The maximum Gasteiger partial charge on any atom is 0.272 e. The van der Waals surface area contributed by atoms with Crippen LogP contribution in [0.2, 0.25) is 5.02 Å². The van der Waals surface area contributed by atoms with Crippen molar-refractivity contribution in [2.45, 2.75) is 18.2 Å². The van der Waals surface area contributed by atoms with Gasteiger partial charge in [0.2, 0.25) is 5.91 Å². The topological polar surface area (TPSA) is 66.8 Å². The summed E-state index contributed by atoms with van der Waals surface area (Å²) in [6.45, 7) is 2.11. The molecule has 0 bridgehead atoms. The lowest BCUT2D eigenvalue weighted by Gasteiger charge is -2.27. The Kier molecular flexibility index (Phi) is 4.43. The van der Waals surface area contributed by atoms with Crippen LogP contribution >= 0.6 is 11.6 Å². The van der Waals surface area contributed by atoms with Crippen molar-refractivity contribution in [3.8, 4) is 0 Å². The average molecular weight is 363 g/mol. The lowest BCUT2D eigenvalue weighted by Crippen LogP contribution is -2.45. The fraction of sp³-hybridized carbons (Fsp3) is 0.176. The number of amidine groups is 1. The highest BCUT2D eigenvalue weighted by Gasteiger charge is 2.36. The highest BCUT2D eigenvalue weighted by Crippen LogP contribution is 2.24. The Bertz CT molecular complexity index is 921. The predicted molar refractivity (Wildman–Crippen MR) is 92.7 cm³/mol. The molecule has 2 aromatic rings. The SMILES string of the molecule is Cc1ccc(S(=O)(=O)N2C(=O)CCN=C2c2cccc(Cl)c2)cc1. The van der Waals surface area contributed by atoms with Gasteiger partial charge in [-0.15, -0.1) is 0 Å². The van der Waals surface area contributed by atoms with Gasteiger partial charge in [-0.1, -0.05) is 41.4 Å². The monoisotopic (exact) mass is 362 g/mol. The minimum atomic E-state index is -4.03. The van der Waals surface area contributed by atoms with Gasteiger partial charge in [0.1, 0.15) is 0 Å². The highest BCUT2D eigenvalue weighted by molar-refractivity contribution is 7.90. The van der Waals surface area contributed by atoms with Gasteiger partial charge in [-0.3, -0.25) is 9.79 Å². The molecule has 0 spiro atoms. The number of halogens is 1. The van der Waals surface area contributed by atoms with Crippen LogP contribution in [0.25, 0.3) is 0 Å². The number of nitrogens with zero attached hydrogens (tertiary/aromatic N) is 2. The van der Waals surface area contributed by atoms with E-state index in [1.807, 2.05) is 6.92 Å². The summed E-state index contributed by atoms with van der Waals surface area (Å²) in [6.07, 6.45) is 0.0508. The van der Waals surface area contributed by atoms with Crippen molar-refractivity contribution in [1.82, 2.24) is 4.31 Å². The summed E-state index contributed by atoms with van der Waals surface area (Å²) in [5.74, 6) is -0.394. The number of aliphatic imine (C=N–C) groups is 1. The lowest BCUT2D eigenvalue weighted by molar-refractivity contribution is -0.124. The molecule has 1 amide bonds. The lowest BCUT2D eigenvalue weighted by atomic mass is 10.2. The molecule has 1 aliphatic heterocycles. The molecule has 0 radical (unpaired) electrons. The first-order chi connectivity index (χ1) is 11.4. The van der Waals surface area contributed by atoms with Crippen molar-refractivity contribution in [2.75, 3.05) is 6.54 Å². The van der Waals surface area contributed by atoms with Gasteiger partial charge >= 0.3 is 0 Å². The first-order valence-electron chi connectivity index (χ1n) is 7.35. The molecule has 5 nitrogen and oxygen atoms in total. The van der Waals surface area contributed by atoms with Gasteiger partial charge in [0.05, 0.1) is 11.4 Å². The molecule has 0 aromatic heterocycles. The fourth-order valence-corrected chi connectivity index (χ4v) is 4.07. The van der Waals surface area contributed by atoms with Crippen molar-refractivity contribution in [3.63, 3.8) is 0 Å². The Balaban J connectivity index is 2.11. The zero-order valence-electron chi connectivity index (χ0n) is 12.9. The molecule has 0 fully saturated rings. The van der Waals surface area contributed by atoms with Gasteiger partial charge in [0.25, 0.3) is 10.0 Å². The van der Waals surface area contributed by atoms with Gasteiger partial charge in [-0.05, 0) is 31.2 Å². The normalized spacial score (nSPS) is 15.3. The van der Waals surface area contributed by atoms with Gasteiger partial charge in [-0.2, -0.15) is 4.31 Å². The van der Waals surface area contributed by atoms with Crippen molar-refractivity contribution in [1.29, 1.82) is 0 Å². The third-order valence-electron chi connectivity index (χ3n) is 3.65. The van der Waals surface area contributed by atoms with E-state index in [1.165, 1.54) is 12.1 Å². The molecular formula is C17H15ClN2O3S. The van der Waals surface area contributed by atoms with Crippen LogP contribution < -0.4 is 0 Å². The molecule has 1 heterocycles. The van der Waals surface area contributed by atoms with E-state index < -0.39 is 15.9 Å². The van der Waals surface area contributed by atoms with Gasteiger partial charge in [-0.25, -0.2) is 8.42 Å². The molecule has 0 saturated heterocycles.